The van der Waals surface area contributed by atoms with Crippen molar-refractivity contribution in [2.45, 2.75) is 25.2 Å². The third-order valence-corrected chi connectivity index (χ3v) is 6.44. The van der Waals surface area contributed by atoms with Crippen molar-refractivity contribution in [3.8, 4) is 15.4 Å². The molecule has 0 radical (unpaired) electrons. The predicted molar refractivity (Wildman–Crippen MR) is 115 cm³/mol. The van der Waals surface area contributed by atoms with Gasteiger partial charge < -0.3 is 4.74 Å². The fourth-order valence-electron chi connectivity index (χ4n) is 2.77. The molecular weight excluding hydrogens is 408 g/mol. The fraction of sp³-hybridized carbons (Fsp3) is 0.238. The number of hydrogen-bond acceptors (Lipinski definition) is 6. The molecule has 8 heteroatoms. The van der Waals surface area contributed by atoms with Crippen molar-refractivity contribution >= 4 is 32.7 Å². The van der Waals surface area contributed by atoms with E-state index in [1.807, 2.05) is 35.9 Å². The van der Waals surface area contributed by atoms with Crippen LogP contribution in [-0.2, 0) is 25.8 Å². The van der Waals surface area contributed by atoms with Gasteiger partial charge in [-0.25, -0.2) is 13.4 Å². The fourth-order valence-corrected chi connectivity index (χ4v) is 4.44. The molecule has 1 aromatic carbocycles. The molecule has 0 spiro atoms. The molecule has 0 aliphatic heterocycles. The lowest BCUT2D eigenvalue weighted by molar-refractivity contribution is -0.142. The number of imidazole rings is 1. The van der Waals surface area contributed by atoms with E-state index in [-0.39, 0.29) is 17.3 Å². The maximum Gasteiger partial charge on any atom is 0.313 e. The van der Waals surface area contributed by atoms with Crippen LogP contribution >= 0.6 is 11.3 Å². The van der Waals surface area contributed by atoms with E-state index in [4.69, 9.17) is 4.74 Å². The van der Waals surface area contributed by atoms with Gasteiger partial charge in [-0.1, -0.05) is 18.7 Å². The van der Waals surface area contributed by atoms with E-state index in [2.05, 4.69) is 11.6 Å². The van der Waals surface area contributed by atoms with Gasteiger partial charge in [-0.3, -0.25) is 9.36 Å². The molecule has 3 rings (SSSR count). The second-order valence-electron chi connectivity index (χ2n) is 6.61. The van der Waals surface area contributed by atoms with E-state index in [1.165, 1.54) is 17.6 Å². The van der Waals surface area contributed by atoms with Crippen LogP contribution in [0.3, 0.4) is 0 Å². The summed E-state index contributed by atoms with van der Waals surface area (Å²) in [6.45, 7) is 7.86. The molecule has 0 atom stereocenters. The first-order valence-electron chi connectivity index (χ1n) is 8.99. The molecule has 2 aromatic heterocycles. The molecule has 2 heterocycles. The molecular formula is C21H22N2O4S2. The van der Waals surface area contributed by atoms with Crippen molar-refractivity contribution in [1.82, 2.24) is 9.55 Å². The van der Waals surface area contributed by atoms with Gasteiger partial charge in [0, 0.05) is 17.3 Å². The Balaban J connectivity index is 2.00. The van der Waals surface area contributed by atoms with E-state index in [0.29, 0.717) is 18.1 Å². The minimum atomic E-state index is -3.28. The van der Waals surface area contributed by atoms with Gasteiger partial charge in [-0.15, -0.1) is 11.3 Å². The van der Waals surface area contributed by atoms with Crippen LogP contribution in [0, 0.1) is 0 Å². The summed E-state index contributed by atoms with van der Waals surface area (Å²) in [7, 11) is -3.28. The Bertz CT molecular complexity index is 1170. The predicted octanol–water partition coefficient (Wildman–Crippen LogP) is 4.14. The number of aromatic nitrogens is 2. The molecule has 0 fully saturated rings. The molecule has 3 aromatic rings. The first kappa shape index (κ1) is 21.0. The normalized spacial score (nSPS) is 11.4. The Morgan fingerprint density at radius 1 is 1.28 bits per heavy atom. The van der Waals surface area contributed by atoms with Gasteiger partial charge in [0.05, 0.1) is 17.2 Å². The van der Waals surface area contributed by atoms with Crippen molar-refractivity contribution in [3.05, 3.63) is 60.7 Å². The SMILES string of the molecule is C=C(C)c1cn(-c2ccc(-c3cccc(S(C)(=O)=O)c3)s2)c(CC(=O)OCC)n1. The van der Waals surface area contributed by atoms with Crippen molar-refractivity contribution < 1.29 is 17.9 Å². The van der Waals surface area contributed by atoms with Crippen LogP contribution in [0.15, 0.2) is 54.1 Å². The third kappa shape index (κ3) is 4.83. The summed E-state index contributed by atoms with van der Waals surface area (Å²) in [5.41, 5.74) is 2.32. The summed E-state index contributed by atoms with van der Waals surface area (Å²) in [5.74, 6) is 0.227. The summed E-state index contributed by atoms with van der Waals surface area (Å²) in [4.78, 5) is 17.7. The van der Waals surface area contributed by atoms with E-state index >= 15 is 0 Å². The second kappa shape index (κ2) is 8.34. The summed E-state index contributed by atoms with van der Waals surface area (Å²) >= 11 is 1.48. The van der Waals surface area contributed by atoms with Crippen molar-refractivity contribution in [2.24, 2.45) is 0 Å². The average molecular weight is 431 g/mol. The van der Waals surface area contributed by atoms with Crippen LogP contribution in [0.4, 0.5) is 0 Å². The van der Waals surface area contributed by atoms with Crippen LogP contribution in [0.2, 0.25) is 0 Å². The molecule has 0 aliphatic rings. The summed E-state index contributed by atoms with van der Waals surface area (Å²) < 4.78 is 30.6. The molecule has 0 bridgehead atoms. The Labute approximate surface area is 174 Å². The van der Waals surface area contributed by atoms with Gasteiger partial charge in [-0.05, 0) is 49.2 Å². The Kier molecular flexibility index (Phi) is 6.04. The summed E-state index contributed by atoms with van der Waals surface area (Å²) in [6, 6.07) is 10.7. The van der Waals surface area contributed by atoms with E-state index in [1.54, 1.807) is 25.1 Å². The molecule has 0 saturated heterocycles. The lowest BCUT2D eigenvalue weighted by Gasteiger charge is -2.05. The Morgan fingerprint density at radius 2 is 2.03 bits per heavy atom. The molecule has 0 saturated carbocycles. The number of thiophene rings is 1. The third-order valence-electron chi connectivity index (χ3n) is 4.20. The van der Waals surface area contributed by atoms with Crippen molar-refractivity contribution in [1.29, 1.82) is 0 Å². The van der Waals surface area contributed by atoms with Gasteiger partial charge in [-0.2, -0.15) is 0 Å². The maximum atomic E-state index is 12.0. The number of allylic oxidation sites excluding steroid dienone is 1. The number of esters is 1. The number of carbonyl (C=O) groups is 1. The van der Waals surface area contributed by atoms with Crippen LogP contribution < -0.4 is 0 Å². The largest absolute Gasteiger partial charge is 0.466 e. The second-order valence-corrected chi connectivity index (χ2v) is 9.69. The van der Waals surface area contributed by atoms with E-state index in [0.717, 1.165) is 21.0 Å². The highest BCUT2D eigenvalue weighted by Crippen LogP contribution is 2.32. The average Bonchev–Trinajstić information content (AvgIpc) is 3.28. The molecule has 0 unspecified atom stereocenters. The zero-order valence-electron chi connectivity index (χ0n) is 16.5. The summed E-state index contributed by atoms with van der Waals surface area (Å²) in [6.07, 6.45) is 3.09. The zero-order chi connectivity index (χ0) is 21.2. The molecule has 0 amide bonds. The minimum Gasteiger partial charge on any atom is -0.466 e. The minimum absolute atomic E-state index is 0.0535. The lowest BCUT2D eigenvalue weighted by atomic mass is 10.2. The molecule has 152 valence electrons. The molecule has 0 N–H and O–H groups in total. The Hall–Kier alpha value is -2.71. The number of rotatable bonds is 7. The quantitative estimate of drug-likeness (QED) is 0.526. The van der Waals surface area contributed by atoms with Gasteiger partial charge >= 0.3 is 5.97 Å². The van der Waals surface area contributed by atoms with Gasteiger partial charge in [0.1, 0.15) is 17.2 Å². The van der Waals surface area contributed by atoms with Gasteiger partial charge in [0.15, 0.2) is 9.84 Å². The van der Waals surface area contributed by atoms with E-state index < -0.39 is 9.84 Å². The van der Waals surface area contributed by atoms with Gasteiger partial charge in [0.2, 0.25) is 0 Å². The first-order chi connectivity index (χ1) is 13.7. The summed E-state index contributed by atoms with van der Waals surface area (Å²) in [5, 5.41) is 0.865. The highest BCUT2D eigenvalue weighted by atomic mass is 32.2. The lowest BCUT2D eigenvalue weighted by Crippen LogP contribution is -2.11. The smallest absolute Gasteiger partial charge is 0.313 e. The number of nitrogens with zero attached hydrogens (tertiary/aromatic N) is 2. The number of carbonyl (C=O) groups excluding carboxylic acids is 1. The van der Waals surface area contributed by atoms with Crippen LogP contribution in [0.25, 0.3) is 21.0 Å². The molecule has 6 nitrogen and oxygen atoms in total. The highest BCUT2D eigenvalue weighted by Gasteiger charge is 2.17. The van der Waals surface area contributed by atoms with Crippen LogP contribution in [-0.4, -0.2) is 36.8 Å². The Morgan fingerprint density at radius 3 is 2.69 bits per heavy atom. The van der Waals surface area contributed by atoms with Crippen LogP contribution in [0.1, 0.15) is 25.4 Å². The monoisotopic (exact) mass is 430 g/mol. The number of benzene rings is 1. The molecule has 0 aliphatic carbocycles. The van der Waals surface area contributed by atoms with Crippen LogP contribution in [0.5, 0.6) is 0 Å². The highest BCUT2D eigenvalue weighted by molar-refractivity contribution is 7.90. The standard InChI is InChI=1S/C21H22N2O4S2/c1-5-27-21(24)12-19-22-17(14(2)3)13-23(19)20-10-9-18(28-20)15-7-6-8-16(11-15)29(4,25)26/h6-11,13H,2,5,12H2,1,3-4H3. The molecule has 29 heavy (non-hydrogen) atoms. The first-order valence-corrected chi connectivity index (χ1v) is 11.7. The number of ether oxygens (including phenoxy) is 1. The van der Waals surface area contributed by atoms with E-state index in [9.17, 15) is 13.2 Å². The number of hydrogen-bond donors (Lipinski definition) is 0. The maximum absolute atomic E-state index is 12.0. The topological polar surface area (TPSA) is 78.3 Å². The van der Waals surface area contributed by atoms with Crippen molar-refractivity contribution in [2.75, 3.05) is 12.9 Å². The van der Waals surface area contributed by atoms with Gasteiger partial charge in [0.25, 0.3) is 0 Å². The van der Waals surface area contributed by atoms with Crippen molar-refractivity contribution in [3.63, 3.8) is 0 Å². The zero-order valence-corrected chi connectivity index (χ0v) is 18.1. The number of sulfone groups is 1.